The molecule has 31 heavy (non-hydrogen) atoms. The number of halogens is 1. The summed E-state index contributed by atoms with van der Waals surface area (Å²) in [5.74, 6) is 0.189. The van der Waals surface area contributed by atoms with Gasteiger partial charge < -0.3 is 14.6 Å². The first-order valence-corrected chi connectivity index (χ1v) is 10.0. The van der Waals surface area contributed by atoms with Crippen LogP contribution in [0.5, 0.6) is 11.6 Å². The van der Waals surface area contributed by atoms with Crippen molar-refractivity contribution in [1.82, 2.24) is 20.0 Å². The van der Waals surface area contributed by atoms with Gasteiger partial charge in [0.2, 0.25) is 5.88 Å². The third-order valence-electron chi connectivity index (χ3n) is 4.38. The first kappa shape index (κ1) is 20.6. The second-order valence-electron chi connectivity index (χ2n) is 6.72. The van der Waals surface area contributed by atoms with Crippen molar-refractivity contribution in [2.24, 2.45) is 0 Å². The number of pyridine rings is 1. The first-order chi connectivity index (χ1) is 15.1. The summed E-state index contributed by atoms with van der Waals surface area (Å²) < 4.78 is 11.5. The Morgan fingerprint density at radius 3 is 2.35 bits per heavy atom. The van der Waals surface area contributed by atoms with Crippen molar-refractivity contribution < 1.29 is 19.4 Å². The Labute approximate surface area is 183 Å². The molecule has 0 unspecified atom stereocenters. The zero-order chi connectivity index (χ0) is 21.6. The van der Waals surface area contributed by atoms with Gasteiger partial charge in [0, 0.05) is 12.6 Å². The van der Waals surface area contributed by atoms with Crippen LogP contribution in [0.15, 0.2) is 60.8 Å². The minimum absolute atomic E-state index is 0.00871. The second kappa shape index (κ2) is 9.44. The highest BCUT2D eigenvalue weighted by atomic mass is 35.5. The van der Waals surface area contributed by atoms with Crippen molar-refractivity contribution in [2.75, 3.05) is 13.2 Å². The Balaban J connectivity index is 1.34. The van der Waals surface area contributed by atoms with E-state index in [0.29, 0.717) is 42.0 Å². The van der Waals surface area contributed by atoms with Crippen LogP contribution >= 0.6 is 11.6 Å². The molecule has 0 aliphatic heterocycles. The summed E-state index contributed by atoms with van der Waals surface area (Å²) in [6, 6.07) is 16.3. The highest BCUT2D eigenvalue weighted by molar-refractivity contribution is 6.30. The number of carboxylic acid groups (broad SMARTS) is 1. The van der Waals surface area contributed by atoms with E-state index in [9.17, 15) is 4.79 Å². The Morgan fingerprint density at radius 2 is 1.68 bits per heavy atom. The van der Waals surface area contributed by atoms with E-state index in [1.807, 2.05) is 24.3 Å². The lowest BCUT2D eigenvalue weighted by atomic mass is 10.1. The van der Waals surface area contributed by atoms with Gasteiger partial charge in [-0.1, -0.05) is 35.9 Å². The molecule has 0 aliphatic rings. The second-order valence-corrected chi connectivity index (χ2v) is 7.16. The summed E-state index contributed by atoms with van der Waals surface area (Å²) in [4.78, 5) is 16.5. The molecule has 2 heterocycles. The number of carboxylic acids is 1. The van der Waals surface area contributed by atoms with E-state index in [1.165, 1.54) is 11.0 Å². The summed E-state index contributed by atoms with van der Waals surface area (Å²) in [7, 11) is 0. The first-order valence-electron chi connectivity index (χ1n) is 9.63. The Kier molecular flexibility index (Phi) is 6.28. The van der Waals surface area contributed by atoms with Crippen LogP contribution < -0.4 is 9.47 Å². The van der Waals surface area contributed by atoms with E-state index in [-0.39, 0.29) is 6.42 Å². The van der Waals surface area contributed by atoms with Crippen LogP contribution in [0.1, 0.15) is 12.0 Å². The monoisotopic (exact) mass is 438 g/mol. The number of nitrogens with zero attached hydrogens (tertiary/aromatic N) is 4. The van der Waals surface area contributed by atoms with E-state index in [0.717, 1.165) is 16.6 Å². The fourth-order valence-electron chi connectivity index (χ4n) is 2.93. The Bertz CT molecular complexity index is 1160. The molecular formula is C22H19ClN4O4. The molecular weight excluding hydrogens is 420 g/mol. The number of hydrogen-bond acceptors (Lipinski definition) is 6. The molecule has 9 heteroatoms. The van der Waals surface area contributed by atoms with E-state index in [2.05, 4.69) is 15.2 Å². The molecule has 0 radical (unpaired) electrons. The molecule has 8 nitrogen and oxygen atoms in total. The summed E-state index contributed by atoms with van der Waals surface area (Å²) >= 11 is 6.12. The van der Waals surface area contributed by atoms with Gasteiger partial charge in [-0.05, 0) is 35.9 Å². The number of benzene rings is 2. The minimum Gasteiger partial charge on any atom is -0.493 e. The van der Waals surface area contributed by atoms with Crippen molar-refractivity contribution in [3.05, 3.63) is 71.4 Å². The fourth-order valence-corrected chi connectivity index (χ4v) is 3.09. The van der Waals surface area contributed by atoms with Gasteiger partial charge in [-0.15, -0.1) is 15.0 Å². The average molecular weight is 439 g/mol. The summed E-state index contributed by atoms with van der Waals surface area (Å²) in [5.41, 5.74) is 2.80. The maximum atomic E-state index is 10.7. The molecule has 1 N–H and O–H groups in total. The molecule has 0 saturated heterocycles. The molecule has 158 valence electrons. The van der Waals surface area contributed by atoms with Gasteiger partial charge in [0.05, 0.1) is 24.7 Å². The molecule has 0 saturated carbocycles. The lowest BCUT2D eigenvalue weighted by Gasteiger charge is -2.10. The highest BCUT2D eigenvalue weighted by Crippen LogP contribution is 2.24. The number of rotatable bonds is 9. The molecule has 2 aromatic heterocycles. The molecule has 0 bridgehead atoms. The van der Waals surface area contributed by atoms with Crippen LogP contribution in [0.4, 0.5) is 0 Å². The van der Waals surface area contributed by atoms with Crippen molar-refractivity contribution in [2.45, 2.75) is 12.8 Å². The van der Waals surface area contributed by atoms with Crippen molar-refractivity contribution >= 4 is 28.6 Å². The predicted octanol–water partition coefficient (Wildman–Crippen LogP) is 3.94. The average Bonchev–Trinajstić information content (AvgIpc) is 3.19. The third kappa shape index (κ3) is 5.29. The van der Waals surface area contributed by atoms with Crippen LogP contribution in [-0.2, 0) is 11.2 Å². The van der Waals surface area contributed by atoms with Gasteiger partial charge in [0.25, 0.3) is 0 Å². The van der Waals surface area contributed by atoms with Crippen LogP contribution in [0.2, 0.25) is 5.02 Å². The maximum Gasteiger partial charge on any atom is 0.307 e. The summed E-state index contributed by atoms with van der Waals surface area (Å²) in [5, 5.41) is 18.2. The van der Waals surface area contributed by atoms with E-state index >= 15 is 0 Å². The van der Waals surface area contributed by atoms with Gasteiger partial charge in [0.15, 0.2) is 0 Å². The minimum atomic E-state index is -0.862. The molecule has 0 spiro atoms. The number of aliphatic carboxylic acids is 1. The maximum absolute atomic E-state index is 10.7. The third-order valence-corrected chi connectivity index (χ3v) is 4.58. The van der Waals surface area contributed by atoms with Crippen LogP contribution in [0.3, 0.4) is 0 Å². The number of ether oxygens (including phenoxy) is 2. The number of carbonyl (C=O) groups is 1. The molecule has 2 aromatic carbocycles. The van der Waals surface area contributed by atoms with Gasteiger partial charge >= 0.3 is 5.97 Å². The summed E-state index contributed by atoms with van der Waals surface area (Å²) in [6.07, 6.45) is 2.12. The van der Waals surface area contributed by atoms with Gasteiger partial charge in [0.1, 0.15) is 22.5 Å². The van der Waals surface area contributed by atoms with Crippen LogP contribution in [-0.4, -0.2) is 44.3 Å². The lowest BCUT2D eigenvalue weighted by molar-refractivity contribution is -0.136. The largest absolute Gasteiger partial charge is 0.493 e. The van der Waals surface area contributed by atoms with Crippen LogP contribution in [0.25, 0.3) is 16.7 Å². The van der Waals surface area contributed by atoms with E-state index < -0.39 is 5.97 Å². The van der Waals surface area contributed by atoms with Gasteiger partial charge in [-0.25, -0.2) is 4.98 Å². The molecule has 0 atom stereocenters. The fraction of sp³-hybridized carbons (Fsp3) is 0.182. The standard InChI is InChI=1S/C22H19ClN4O4/c23-16-13-20(27-25-18-4-1-2-5-19(18)26-27)22(24-14-16)31-11-3-10-30-17-8-6-15(7-9-17)12-21(28)29/h1-2,4-9,13-14H,3,10-12H2,(H,28,29). The zero-order valence-corrected chi connectivity index (χ0v) is 17.2. The Hall–Kier alpha value is -3.65. The smallest absolute Gasteiger partial charge is 0.307 e. The lowest BCUT2D eigenvalue weighted by Crippen LogP contribution is -2.09. The van der Waals surface area contributed by atoms with Gasteiger partial charge in [-0.3, -0.25) is 4.79 Å². The highest BCUT2D eigenvalue weighted by Gasteiger charge is 2.13. The van der Waals surface area contributed by atoms with Gasteiger partial charge in [-0.2, -0.15) is 0 Å². The van der Waals surface area contributed by atoms with E-state index in [1.54, 1.807) is 30.3 Å². The number of aromatic nitrogens is 4. The predicted molar refractivity (Wildman–Crippen MR) is 115 cm³/mol. The molecule has 4 aromatic rings. The zero-order valence-electron chi connectivity index (χ0n) is 16.4. The normalized spacial score (nSPS) is 10.9. The molecule has 0 aliphatic carbocycles. The Morgan fingerprint density at radius 1 is 1.00 bits per heavy atom. The van der Waals surface area contributed by atoms with E-state index in [4.69, 9.17) is 26.2 Å². The van der Waals surface area contributed by atoms with Crippen LogP contribution in [0, 0.1) is 0 Å². The van der Waals surface area contributed by atoms with Crippen molar-refractivity contribution in [1.29, 1.82) is 0 Å². The molecule has 0 amide bonds. The quantitative estimate of drug-likeness (QED) is 0.395. The van der Waals surface area contributed by atoms with Crippen molar-refractivity contribution in [3.63, 3.8) is 0 Å². The number of fused-ring (bicyclic) bond motifs is 1. The van der Waals surface area contributed by atoms with Crippen molar-refractivity contribution in [3.8, 4) is 17.3 Å². The SMILES string of the molecule is O=C(O)Cc1ccc(OCCCOc2ncc(Cl)cc2-n2nc3ccccc3n2)cc1. The topological polar surface area (TPSA) is 99.4 Å². The molecule has 4 rings (SSSR count). The molecule has 0 fully saturated rings. The number of hydrogen-bond donors (Lipinski definition) is 1. The summed E-state index contributed by atoms with van der Waals surface area (Å²) in [6.45, 7) is 0.810.